The van der Waals surface area contributed by atoms with E-state index in [4.69, 9.17) is 21.1 Å². The van der Waals surface area contributed by atoms with E-state index in [2.05, 4.69) is 26.7 Å². The molecule has 2 aliphatic heterocycles. The molecule has 0 aliphatic carbocycles. The first-order valence-corrected chi connectivity index (χ1v) is 12.6. The van der Waals surface area contributed by atoms with Gasteiger partial charge in [-0.1, -0.05) is 0 Å². The zero-order chi connectivity index (χ0) is 25.3. The van der Waals surface area contributed by atoms with Crippen molar-refractivity contribution in [1.82, 2.24) is 15.3 Å². The smallest absolute Gasteiger partial charge is 0.254 e. The summed E-state index contributed by atoms with van der Waals surface area (Å²) < 4.78 is 5.93. The minimum absolute atomic E-state index is 0.0791. The van der Waals surface area contributed by atoms with Gasteiger partial charge in [-0.05, 0) is 81.3 Å². The van der Waals surface area contributed by atoms with Crippen molar-refractivity contribution in [2.45, 2.75) is 38.5 Å². The normalized spacial score (nSPS) is 16.8. The van der Waals surface area contributed by atoms with Crippen molar-refractivity contribution < 1.29 is 9.53 Å². The van der Waals surface area contributed by atoms with Crippen LogP contribution in [0.2, 0.25) is 0 Å². The standard InChI is InChI=1S/C26H34N8O2/c27-11-5-18-8-14-34(15-9-18)26-32-22(17-28)23(24(29)35)25(33-26)31-20-1-3-21(4-2-20)36-16-10-19-6-12-30-13-7-19/h1-4,17-19,28,30H,5-10,12-16H2,(H2,29,35)(H,31,32,33). The number of anilines is 3. The Balaban J connectivity index is 1.45. The molecule has 4 rings (SSSR count). The fourth-order valence-corrected chi connectivity index (χ4v) is 4.80. The summed E-state index contributed by atoms with van der Waals surface area (Å²) in [6, 6.07) is 9.74. The van der Waals surface area contributed by atoms with Crippen molar-refractivity contribution in [2.75, 3.05) is 43.0 Å². The summed E-state index contributed by atoms with van der Waals surface area (Å²) in [7, 11) is 0. The highest BCUT2D eigenvalue weighted by atomic mass is 16.5. The maximum absolute atomic E-state index is 12.2. The van der Waals surface area contributed by atoms with Gasteiger partial charge in [0.2, 0.25) is 5.95 Å². The SMILES string of the molecule is N#CCC1CCN(c2nc(C=N)c(C(N)=O)c(Nc3ccc(OCCC4CCNCC4)cc3)n2)CC1. The van der Waals surface area contributed by atoms with Crippen LogP contribution in [0.5, 0.6) is 5.75 Å². The molecular formula is C26H34N8O2. The quantitative estimate of drug-likeness (QED) is 0.370. The number of nitrogens with zero attached hydrogens (tertiary/aromatic N) is 4. The average molecular weight is 491 g/mol. The van der Waals surface area contributed by atoms with Crippen LogP contribution in [0, 0.1) is 28.6 Å². The highest BCUT2D eigenvalue weighted by Gasteiger charge is 2.24. The summed E-state index contributed by atoms with van der Waals surface area (Å²) >= 11 is 0. The number of hydrogen-bond acceptors (Lipinski definition) is 9. The molecule has 190 valence electrons. The second-order valence-electron chi connectivity index (χ2n) is 9.41. The molecule has 1 aromatic heterocycles. The summed E-state index contributed by atoms with van der Waals surface area (Å²) in [5.41, 5.74) is 6.61. The van der Waals surface area contributed by atoms with Crippen LogP contribution in [-0.4, -0.2) is 54.9 Å². The molecule has 0 bridgehead atoms. The molecule has 3 heterocycles. The maximum atomic E-state index is 12.2. The van der Waals surface area contributed by atoms with Gasteiger partial charge in [0, 0.05) is 31.4 Å². The van der Waals surface area contributed by atoms with E-state index in [0.717, 1.165) is 50.0 Å². The number of carbonyl (C=O) groups is 1. The van der Waals surface area contributed by atoms with Crippen LogP contribution >= 0.6 is 0 Å². The number of amides is 1. The summed E-state index contributed by atoms with van der Waals surface area (Å²) in [4.78, 5) is 23.3. The number of primary amides is 1. The summed E-state index contributed by atoms with van der Waals surface area (Å²) in [5, 5.41) is 23.3. The summed E-state index contributed by atoms with van der Waals surface area (Å²) in [6.07, 6.45) is 6.76. The van der Waals surface area contributed by atoms with Crippen molar-refractivity contribution in [1.29, 1.82) is 10.7 Å². The van der Waals surface area contributed by atoms with E-state index in [1.54, 1.807) is 0 Å². The molecule has 0 radical (unpaired) electrons. The third-order valence-electron chi connectivity index (χ3n) is 6.96. The Morgan fingerprint density at radius 1 is 1.19 bits per heavy atom. The first kappa shape index (κ1) is 25.4. The van der Waals surface area contributed by atoms with Gasteiger partial charge in [0.1, 0.15) is 22.8 Å². The molecule has 2 fully saturated rings. The molecule has 2 aromatic rings. The van der Waals surface area contributed by atoms with Crippen LogP contribution in [0.4, 0.5) is 17.5 Å². The van der Waals surface area contributed by atoms with E-state index in [1.165, 1.54) is 12.8 Å². The van der Waals surface area contributed by atoms with Gasteiger partial charge in [-0.2, -0.15) is 10.2 Å². The molecule has 1 amide bonds. The Bertz CT molecular complexity index is 1080. The van der Waals surface area contributed by atoms with Crippen LogP contribution in [0.1, 0.15) is 54.6 Å². The number of nitriles is 1. The van der Waals surface area contributed by atoms with Crippen molar-refractivity contribution in [3.63, 3.8) is 0 Å². The lowest BCUT2D eigenvalue weighted by molar-refractivity contribution is 0.100. The van der Waals surface area contributed by atoms with Gasteiger partial charge >= 0.3 is 0 Å². The Morgan fingerprint density at radius 3 is 2.56 bits per heavy atom. The molecule has 0 spiro atoms. The number of benzene rings is 1. The minimum atomic E-state index is -0.701. The topological polar surface area (TPSA) is 153 Å². The second kappa shape index (κ2) is 12.3. The summed E-state index contributed by atoms with van der Waals surface area (Å²) in [6.45, 7) is 4.28. The molecule has 5 N–H and O–H groups in total. The number of nitrogens with two attached hydrogens (primary N) is 1. The monoisotopic (exact) mass is 490 g/mol. The lowest BCUT2D eigenvalue weighted by Crippen LogP contribution is -2.35. The minimum Gasteiger partial charge on any atom is -0.494 e. The van der Waals surface area contributed by atoms with Crippen LogP contribution in [0.3, 0.4) is 0 Å². The van der Waals surface area contributed by atoms with Gasteiger partial charge in [-0.3, -0.25) is 4.79 Å². The number of piperidine rings is 2. The van der Waals surface area contributed by atoms with Gasteiger partial charge in [0.25, 0.3) is 5.91 Å². The molecule has 10 heteroatoms. The van der Waals surface area contributed by atoms with Gasteiger partial charge in [-0.25, -0.2) is 4.98 Å². The van der Waals surface area contributed by atoms with Crippen molar-refractivity contribution >= 4 is 29.6 Å². The maximum Gasteiger partial charge on any atom is 0.254 e. The number of carbonyl (C=O) groups excluding carboxylic acids is 1. The molecule has 1 aromatic carbocycles. The zero-order valence-electron chi connectivity index (χ0n) is 20.5. The highest BCUT2D eigenvalue weighted by Crippen LogP contribution is 2.28. The average Bonchev–Trinajstić information content (AvgIpc) is 2.90. The highest BCUT2D eigenvalue weighted by molar-refractivity contribution is 6.04. The molecule has 10 nitrogen and oxygen atoms in total. The molecule has 0 atom stereocenters. The van der Waals surface area contributed by atoms with Gasteiger partial charge in [-0.15, -0.1) is 0 Å². The second-order valence-corrected chi connectivity index (χ2v) is 9.41. The number of ether oxygens (including phenoxy) is 1. The lowest BCUT2D eigenvalue weighted by Gasteiger charge is -2.31. The number of hydrogen-bond donors (Lipinski definition) is 4. The fraction of sp³-hybridized carbons (Fsp3) is 0.500. The van der Waals surface area contributed by atoms with Crippen LogP contribution in [0.15, 0.2) is 24.3 Å². The first-order chi connectivity index (χ1) is 17.6. The lowest BCUT2D eigenvalue weighted by atomic mass is 9.94. The van der Waals surface area contributed by atoms with E-state index < -0.39 is 5.91 Å². The van der Waals surface area contributed by atoms with E-state index in [1.807, 2.05) is 29.2 Å². The third-order valence-corrected chi connectivity index (χ3v) is 6.96. The van der Waals surface area contributed by atoms with Crippen LogP contribution in [-0.2, 0) is 0 Å². The van der Waals surface area contributed by atoms with E-state index in [0.29, 0.717) is 43.9 Å². The third kappa shape index (κ3) is 6.49. The van der Waals surface area contributed by atoms with Gasteiger partial charge in [0.05, 0.1) is 12.7 Å². The van der Waals surface area contributed by atoms with Crippen LogP contribution in [0.25, 0.3) is 0 Å². The zero-order valence-corrected chi connectivity index (χ0v) is 20.5. The summed E-state index contributed by atoms with van der Waals surface area (Å²) in [5.74, 6) is 1.88. The molecule has 2 saturated heterocycles. The molecule has 2 aliphatic rings. The largest absolute Gasteiger partial charge is 0.494 e. The van der Waals surface area contributed by atoms with E-state index in [9.17, 15) is 4.79 Å². The van der Waals surface area contributed by atoms with E-state index in [-0.39, 0.29) is 17.1 Å². The Labute approximate surface area is 211 Å². The first-order valence-electron chi connectivity index (χ1n) is 12.6. The Hall–Kier alpha value is -3.71. The molecule has 0 unspecified atom stereocenters. The molecule has 36 heavy (non-hydrogen) atoms. The van der Waals surface area contributed by atoms with Crippen molar-refractivity contribution in [3.8, 4) is 11.8 Å². The number of aromatic nitrogens is 2. The molecular weight excluding hydrogens is 456 g/mol. The predicted octanol–water partition coefficient (Wildman–Crippen LogP) is 3.22. The fourth-order valence-electron chi connectivity index (χ4n) is 4.80. The predicted molar refractivity (Wildman–Crippen MR) is 139 cm³/mol. The number of nitrogens with one attached hydrogen (secondary N) is 3. The van der Waals surface area contributed by atoms with Crippen molar-refractivity contribution in [3.05, 3.63) is 35.5 Å². The van der Waals surface area contributed by atoms with Crippen molar-refractivity contribution in [2.24, 2.45) is 17.6 Å². The van der Waals surface area contributed by atoms with Gasteiger partial charge < -0.3 is 31.4 Å². The Kier molecular flexibility index (Phi) is 8.68. The molecule has 0 saturated carbocycles. The van der Waals surface area contributed by atoms with Gasteiger partial charge in [0.15, 0.2) is 0 Å². The van der Waals surface area contributed by atoms with E-state index >= 15 is 0 Å². The Morgan fingerprint density at radius 2 is 1.92 bits per heavy atom. The van der Waals surface area contributed by atoms with Crippen LogP contribution < -0.4 is 26.0 Å². The number of rotatable bonds is 10.